The van der Waals surface area contributed by atoms with Crippen molar-refractivity contribution in [3.8, 4) is 0 Å². The summed E-state index contributed by atoms with van der Waals surface area (Å²) in [6, 6.07) is 6.31. The van der Waals surface area contributed by atoms with Crippen molar-refractivity contribution in [3.63, 3.8) is 0 Å². The molecule has 0 spiro atoms. The van der Waals surface area contributed by atoms with Crippen molar-refractivity contribution in [1.82, 2.24) is 0 Å². The smallest absolute Gasteiger partial charge is 0.176 e. The maximum atomic E-state index is 3.56. The largest absolute Gasteiger partial charge is 0.870 e. The van der Waals surface area contributed by atoms with Gasteiger partial charge in [-0.3, -0.25) is 0 Å². The van der Waals surface area contributed by atoms with Gasteiger partial charge in [0.2, 0.25) is 0 Å². The van der Waals surface area contributed by atoms with Gasteiger partial charge in [-0.15, -0.1) is 0 Å². The monoisotopic (exact) mass is 239 g/mol. The number of fused-ring (bicyclic) bond motifs is 1. The molecule has 0 atom stereocenters. The Morgan fingerprint density at radius 2 is 2.00 bits per heavy atom. The van der Waals surface area contributed by atoms with Crippen LogP contribution in [0.1, 0.15) is 5.56 Å². The molecule has 0 aliphatic heterocycles. The minimum Gasteiger partial charge on any atom is -0.870 e. The molecule has 2 aromatic rings. The molecule has 1 heterocycles. The highest BCUT2D eigenvalue weighted by Gasteiger charge is 2.02. The zero-order chi connectivity index (χ0) is 8.55. The van der Waals surface area contributed by atoms with Gasteiger partial charge < -0.3 is 5.48 Å². The Hall–Kier alpha value is -0.930. The minimum absolute atomic E-state index is 0. The standard InChI is InChI=1S/C10H8BrN.H2O/c1-7-2-3-8-4-5-12-6-9(8)10(7)11;/h2-6H,1H3;1H2. The van der Waals surface area contributed by atoms with Crippen molar-refractivity contribution in [1.29, 1.82) is 0 Å². The summed E-state index contributed by atoms with van der Waals surface area (Å²) >= 11 is 3.56. The van der Waals surface area contributed by atoms with Crippen molar-refractivity contribution >= 4 is 26.7 Å². The van der Waals surface area contributed by atoms with Gasteiger partial charge in [-0.1, -0.05) is 12.1 Å². The number of hydrogen-bond acceptors (Lipinski definition) is 1. The molecule has 2 rings (SSSR count). The number of aromatic nitrogens is 1. The van der Waals surface area contributed by atoms with Crippen LogP contribution < -0.4 is 4.98 Å². The average Bonchev–Trinajstić information content (AvgIpc) is 2.12. The molecule has 0 aliphatic rings. The van der Waals surface area contributed by atoms with E-state index in [1.165, 1.54) is 20.8 Å². The Labute approximate surface area is 85.0 Å². The van der Waals surface area contributed by atoms with Crippen LogP contribution in [0.15, 0.2) is 35.1 Å². The summed E-state index contributed by atoms with van der Waals surface area (Å²) in [6.45, 7) is 2.09. The normalized spacial score (nSPS) is 9.69. The van der Waals surface area contributed by atoms with Crippen LogP contribution >= 0.6 is 15.9 Å². The molecule has 0 aliphatic carbocycles. The van der Waals surface area contributed by atoms with Crippen LogP contribution in [0.4, 0.5) is 0 Å². The second-order valence-electron chi connectivity index (χ2n) is 2.84. The topological polar surface area (TPSA) is 44.1 Å². The van der Waals surface area contributed by atoms with Crippen LogP contribution in [0, 0.1) is 6.92 Å². The van der Waals surface area contributed by atoms with Gasteiger partial charge in [0.15, 0.2) is 12.4 Å². The van der Waals surface area contributed by atoms with Crippen LogP contribution in [0.5, 0.6) is 0 Å². The zero-order valence-corrected chi connectivity index (χ0v) is 8.80. The van der Waals surface area contributed by atoms with Gasteiger partial charge in [0, 0.05) is 10.5 Å². The quantitative estimate of drug-likeness (QED) is 0.697. The number of rotatable bonds is 0. The lowest BCUT2D eigenvalue weighted by molar-refractivity contribution is -0.375. The molecule has 0 amide bonds. The maximum absolute atomic E-state index is 3.56. The third kappa shape index (κ3) is 1.71. The SMILES string of the molecule is Cc1ccc2cc[nH+]cc2c1Br.[OH-]. The summed E-state index contributed by atoms with van der Waals surface area (Å²) < 4.78 is 1.18. The predicted molar refractivity (Wildman–Crippen MR) is 54.9 cm³/mol. The lowest BCUT2D eigenvalue weighted by Gasteiger charge is -1.99. The molecule has 0 bridgehead atoms. The van der Waals surface area contributed by atoms with Gasteiger partial charge in [-0.25, -0.2) is 4.98 Å². The summed E-state index contributed by atoms with van der Waals surface area (Å²) in [5, 5.41) is 2.49. The molecule has 2 nitrogen and oxygen atoms in total. The van der Waals surface area contributed by atoms with Crippen LogP contribution in [0.3, 0.4) is 0 Å². The van der Waals surface area contributed by atoms with Crippen molar-refractivity contribution < 1.29 is 10.5 Å². The van der Waals surface area contributed by atoms with Gasteiger partial charge in [0.25, 0.3) is 0 Å². The van der Waals surface area contributed by atoms with E-state index in [-0.39, 0.29) is 5.48 Å². The Bertz CT molecular complexity index is 428. The predicted octanol–water partition coefficient (Wildman–Crippen LogP) is 2.55. The molecule has 0 radical (unpaired) electrons. The number of hydrogen-bond donors (Lipinski definition) is 0. The Kier molecular flexibility index (Phi) is 3.01. The first-order chi connectivity index (χ1) is 5.79. The molecule has 0 fully saturated rings. The molecule has 0 saturated carbocycles. The summed E-state index contributed by atoms with van der Waals surface area (Å²) in [7, 11) is 0. The van der Waals surface area contributed by atoms with Gasteiger partial charge in [0.1, 0.15) is 0 Å². The molecule has 13 heavy (non-hydrogen) atoms. The summed E-state index contributed by atoms with van der Waals surface area (Å²) in [5.41, 5.74) is 1.27. The number of H-pyrrole nitrogens is 1. The molecule has 0 unspecified atom stereocenters. The second-order valence-corrected chi connectivity index (χ2v) is 3.64. The third-order valence-corrected chi connectivity index (χ3v) is 3.05. The Morgan fingerprint density at radius 3 is 2.77 bits per heavy atom. The molecule has 68 valence electrons. The summed E-state index contributed by atoms with van der Waals surface area (Å²) in [5.74, 6) is 0. The highest BCUT2D eigenvalue weighted by atomic mass is 79.9. The first-order valence-electron chi connectivity index (χ1n) is 3.84. The number of benzene rings is 1. The number of nitrogens with one attached hydrogen (secondary N) is 1. The first kappa shape index (κ1) is 10.2. The molecule has 1 aromatic heterocycles. The van der Waals surface area contributed by atoms with Crippen LogP contribution in [-0.4, -0.2) is 5.48 Å². The van der Waals surface area contributed by atoms with Crippen LogP contribution in [0.2, 0.25) is 0 Å². The molecule has 3 heteroatoms. The Morgan fingerprint density at radius 1 is 1.23 bits per heavy atom. The number of halogens is 1. The second kappa shape index (κ2) is 3.85. The van der Waals surface area contributed by atoms with Gasteiger partial charge in [-0.05, 0) is 33.8 Å². The molecule has 2 N–H and O–H groups in total. The summed E-state index contributed by atoms with van der Waals surface area (Å²) in [6.07, 6.45) is 3.94. The van der Waals surface area contributed by atoms with E-state index in [9.17, 15) is 0 Å². The molecule has 0 saturated heterocycles. The van der Waals surface area contributed by atoms with Crippen molar-refractivity contribution in [2.24, 2.45) is 0 Å². The van der Waals surface area contributed by atoms with Crippen molar-refractivity contribution in [2.45, 2.75) is 6.92 Å². The molecular weight excluding hydrogens is 230 g/mol. The number of pyridine rings is 1. The zero-order valence-electron chi connectivity index (χ0n) is 7.21. The van der Waals surface area contributed by atoms with Crippen molar-refractivity contribution in [2.75, 3.05) is 0 Å². The highest BCUT2D eigenvalue weighted by molar-refractivity contribution is 9.10. The lowest BCUT2D eigenvalue weighted by Crippen LogP contribution is -1.97. The van der Waals surface area contributed by atoms with Gasteiger partial charge in [-0.2, -0.15) is 0 Å². The van der Waals surface area contributed by atoms with E-state index in [4.69, 9.17) is 0 Å². The number of aryl methyl sites for hydroxylation is 1. The van der Waals surface area contributed by atoms with Crippen LogP contribution in [0.25, 0.3) is 10.8 Å². The van der Waals surface area contributed by atoms with E-state index in [0.717, 1.165) is 0 Å². The number of aromatic amines is 1. The Balaban J connectivity index is 0.000000845. The van der Waals surface area contributed by atoms with Crippen molar-refractivity contribution in [3.05, 3.63) is 40.6 Å². The lowest BCUT2D eigenvalue weighted by atomic mass is 10.1. The van der Waals surface area contributed by atoms with E-state index < -0.39 is 0 Å². The highest BCUT2D eigenvalue weighted by Crippen LogP contribution is 2.25. The molecule has 1 aromatic carbocycles. The van der Waals surface area contributed by atoms with E-state index >= 15 is 0 Å². The average molecular weight is 240 g/mol. The maximum Gasteiger partial charge on any atom is 0.176 e. The van der Waals surface area contributed by atoms with E-state index in [0.29, 0.717) is 0 Å². The fourth-order valence-electron chi connectivity index (χ4n) is 1.28. The van der Waals surface area contributed by atoms with E-state index in [1.807, 2.05) is 12.4 Å². The van der Waals surface area contributed by atoms with Crippen LogP contribution in [-0.2, 0) is 0 Å². The van der Waals surface area contributed by atoms with E-state index in [2.05, 4.69) is 46.0 Å². The fourth-order valence-corrected chi connectivity index (χ4v) is 1.75. The van der Waals surface area contributed by atoms with Gasteiger partial charge >= 0.3 is 0 Å². The molecular formula is C10H10BrNO. The summed E-state index contributed by atoms with van der Waals surface area (Å²) in [4.78, 5) is 3.07. The van der Waals surface area contributed by atoms with Gasteiger partial charge in [0.05, 0.1) is 5.39 Å². The first-order valence-corrected chi connectivity index (χ1v) is 4.63. The minimum atomic E-state index is 0. The fraction of sp³-hybridized carbons (Fsp3) is 0.100. The van der Waals surface area contributed by atoms with E-state index in [1.54, 1.807) is 0 Å². The third-order valence-electron chi connectivity index (χ3n) is 1.99.